The lowest BCUT2D eigenvalue weighted by Crippen LogP contribution is -2.44. The van der Waals surface area contributed by atoms with Crippen molar-refractivity contribution >= 4 is 0 Å². The second-order valence-corrected chi connectivity index (χ2v) is 3.83. The van der Waals surface area contributed by atoms with Gasteiger partial charge in [-0.1, -0.05) is 12.8 Å². The molecule has 0 saturated heterocycles. The van der Waals surface area contributed by atoms with Crippen LogP contribution in [0.1, 0.15) is 25.7 Å². The Morgan fingerprint density at radius 2 is 1.86 bits per heavy atom. The number of halogens is 3. The fraction of sp³-hybridized carbons (Fsp3) is 1.00. The molecule has 1 aliphatic rings. The molecular weight excluding hydrogens is 195 g/mol. The molecule has 1 aliphatic carbocycles. The zero-order chi connectivity index (χ0) is 10.6. The molecule has 1 saturated carbocycles. The summed E-state index contributed by atoms with van der Waals surface area (Å²) >= 11 is 0. The summed E-state index contributed by atoms with van der Waals surface area (Å²) in [6.45, 7) is -0.969. The van der Waals surface area contributed by atoms with Gasteiger partial charge in [-0.3, -0.25) is 0 Å². The number of aliphatic hydroxyl groups is 1. The third-order valence-corrected chi connectivity index (χ3v) is 2.71. The molecule has 0 aliphatic heterocycles. The van der Waals surface area contributed by atoms with Crippen LogP contribution in [0.2, 0.25) is 0 Å². The van der Waals surface area contributed by atoms with E-state index < -0.39 is 12.7 Å². The molecule has 0 radical (unpaired) electrons. The van der Waals surface area contributed by atoms with Crippen LogP contribution in [0.15, 0.2) is 0 Å². The summed E-state index contributed by atoms with van der Waals surface area (Å²) in [6.07, 6.45) is -0.633. The zero-order valence-electron chi connectivity index (χ0n) is 7.98. The summed E-state index contributed by atoms with van der Waals surface area (Å²) in [5.41, 5.74) is 0. The summed E-state index contributed by atoms with van der Waals surface area (Å²) in [7, 11) is 0. The molecule has 2 N–H and O–H groups in total. The fourth-order valence-corrected chi connectivity index (χ4v) is 1.94. The molecule has 0 amide bonds. The van der Waals surface area contributed by atoms with Gasteiger partial charge in [-0.25, -0.2) is 0 Å². The van der Waals surface area contributed by atoms with Crippen LogP contribution in [0.3, 0.4) is 0 Å². The molecule has 0 aromatic carbocycles. The number of rotatable bonds is 3. The number of nitrogens with one attached hydrogen (secondary N) is 1. The second kappa shape index (κ2) is 4.98. The minimum atomic E-state index is -4.16. The lowest BCUT2D eigenvalue weighted by Gasteiger charge is -2.31. The molecule has 1 rings (SSSR count). The highest BCUT2D eigenvalue weighted by Gasteiger charge is 2.31. The average Bonchev–Trinajstić information content (AvgIpc) is 2.14. The van der Waals surface area contributed by atoms with Gasteiger partial charge in [0, 0.05) is 12.6 Å². The van der Waals surface area contributed by atoms with Gasteiger partial charge in [0.05, 0.1) is 6.54 Å². The van der Waals surface area contributed by atoms with E-state index in [-0.39, 0.29) is 18.6 Å². The van der Waals surface area contributed by atoms with E-state index in [4.69, 9.17) is 5.11 Å². The van der Waals surface area contributed by atoms with Crippen molar-refractivity contribution in [3.63, 3.8) is 0 Å². The van der Waals surface area contributed by atoms with Crippen LogP contribution in [0.25, 0.3) is 0 Å². The van der Waals surface area contributed by atoms with Crippen LogP contribution in [-0.2, 0) is 0 Å². The molecule has 2 nitrogen and oxygen atoms in total. The zero-order valence-corrected chi connectivity index (χ0v) is 7.98. The topological polar surface area (TPSA) is 32.3 Å². The van der Waals surface area contributed by atoms with Crippen molar-refractivity contribution in [3.05, 3.63) is 0 Å². The largest absolute Gasteiger partial charge is 0.401 e. The van der Waals surface area contributed by atoms with Crippen molar-refractivity contribution in [2.24, 2.45) is 5.92 Å². The standard InChI is InChI=1S/C9H16F3NO/c10-9(11,12)6-13-8-4-2-1-3-7(8)5-14/h7-8,13-14H,1-6H2/t7-,8-/m0/s1. The van der Waals surface area contributed by atoms with Crippen LogP contribution >= 0.6 is 0 Å². The van der Waals surface area contributed by atoms with E-state index in [1.807, 2.05) is 0 Å². The minimum absolute atomic E-state index is 0.00824. The summed E-state index contributed by atoms with van der Waals surface area (Å²) in [5, 5.41) is 11.4. The third-order valence-electron chi connectivity index (χ3n) is 2.71. The van der Waals surface area contributed by atoms with Crippen molar-refractivity contribution in [1.82, 2.24) is 5.32 Å². The first-order valence-corrected chi connectivity index (χ1v) is 4.94. The SMILES string of the molecule is OC[C@@H]1CCCC[C@@H]1NCC(F)(F)F. The van der Waals surface area contributed by atoms with Crippen LogP contribution in [0.5, 0.6) is 0 Å². The Morgan fingerprint density at radius 1 is 1.21 bits per heavy atom. The number of hydrogen-bond donors (Lipinski definition) is 2. The van der Waals surface area contributed by atoms with Gasteiger partial charge in [0.15, 0.2) is 0 Å². The first-order chi connectivity index (χ1) is 6.53. The maximum absolute atomic E-state index is 11.9. The van der Waals surface area contributed by atoms with Crippen LogP contribution in [0, 0.1) is 5.92 Å². The summed E-state index contributed by atoms with van der Waals surface area (Å²) in [4.78, 5) is 0. The van der Waals surface area contributed by atoms with Gasteiger partial charge < -0.3 is 10.4 Å². The number of hydrogen-bond acceptors (Lipinski definition) is 2. The predicted octanol–water partition coefficient (Wildman–Crippen LogP) is 1.69. The van der Waals surface area contributed by atoms with E-state index in [1.165, 1.54) is 0 Å². The Bertz CT molecular complexity index is 172. The molecule has 5 heteroatoms. The molecule has 2 atom stereocenters. The molecule has 0 aromatic rings. The number of alkyl halides is 3. The quantitative estimate of drug-likeness (QED) is 0.744. The van der Waals surface area contributed by atoms with Gasteiger partial charge in [-0.05, 0) is 18.8 Å². The van der Waals surface area contributed by atoms with E-state index in [0.29, 0.717) is 0 Å². The minimum Gasteiger partial charge on any atom is -0.396 e. The van der Waals surface area contributed by atoms with Gasteiger partial charge in [0.2, 0.25) is 0 Å². The lowest BCUT2D eigenvalue weighted by molar-refractivity contribution is -0.127. The van der Waals surface area contributed by atoms with Crippen molar-refractivity contribution in [2.45, 2.75) is 37.9 Å². The van der Waals surface area contributed by atoms with Crippen molar-refractivity contribution in [2.75, 3.05) is 13.2 Å². The van der Waals surface area contributed by atoms with Crippen LogP contribution in [-0.4, -0.2) is 30.5 Å². The molecule has 0 aromatic heterocycles. The maximum Gasteiger partial charge on any atom is 0.401 e. The highest BCUT2D eigenvalue weighted by atomic mass is 19.4. The second-order valence-electron chi connectivity index (χ2n) is 3.83. The molecule has 0 unspecified atom stereocenters. The first kappa shape index (κ1) is 11.8. The fourth-order valence-electron chi connectivity index (χ4n) is 1.94. The summed E-state index contributed by atoms with van der Waals surface area (Å²) in [5.74, 6) is -0.00824. The van der Waals surface area contributed by atoms with E-state index in [9.17, 15) is 13.2 Å². The van der Waals surface area contributed by atoms with E-state index >= 15 is 0 Å². The monoisotopic (exact) mass is 211 g/mol. The molecule has 0 spiro atoms. The van der Waals surface area contributed by atoms with Gasteiger partial charge in [0.25, 0.3) is 0 Å². The summed E-state index contributed by atoms with van der Waals surface area (Å²) < 4.78 is 35.7. The Labute approximate surface area is 81.5 Å². The lowest BCUT2D eigenvalue weighted by atomic mass is 9.85. The summed E-state index contributed by atoms with van der Waals surface area (Å²) in [6, 6.07) is -0.171. The smallest absolute Gasteiger partial charge is 0.396 e. The van der Waals surface area contributed by atoms with Crippen molar-refractivity contribution in [1.29, 1.82) is 0 Å². The molecule has 84 valence electrons. The molecule has 1 fully saturated rings. The van der Waals surface area contributed by atoms with E-state index in [2.05, 4.69) is 5.32 Å². The molecule has 0 bridgehead atoms. The molecule has 14 heavy (non-hydrogen) atoms. The van der Waals surface area contributed by atoms with Crippen molar-refractivity contribution < 1.29 is 18.3 Å². The van der Waals surface area contributed by atoms with Crippen LogP contribution < -0.4 is 5.32 Å². The van der Waals surface area contributed by atoms with Gasteiger partial charge in [-0.15, -0.1) is 0 Å². The Kier molecular flexibility index (Phi) is 4.19. The third kappa shape index (κ3) is 3.84. The van der Waals surface area contributed by atoms with Gasteiger partial charge in [0.1, 0.15) is 0 Å². The normalized spacial score (nSPS) is 29.1. The van der Waals surface area contributed by atoms with E-state index in [1.54, 1.807) is 0 Å². The number of aliphatic hydroxyl groups excluding tert-OH is 1. The Morgan fingerprint density at radius 3 is 2.43 bits per heavy atom. The average molecular weight is 211 g/mol. The molecular formula is C9H16F3NO. The van der Waals surface area contributed by atoms with Crippen molar-refractivity contribution in [3.8, 4) is 0 Å². The predicted molar refractivity (Wildman–Crippen MR) is 46.9 cm³/mol. The molecule has 0 heterocycles. The maximum atomic E-state index is 11.9. The van der Waals surface area contributed by atoms with Gasteiger partial charge >= 0.3 is 6.18 Å². The highest BCUT2D eigenvalue weighted by molar-refractivity contribution is 4.81. The Balaban J connectivity index is 2.33. The first-order valence-electron chi connectivity index (χ1n) is 4.94. The van der Waals surface area contributed by atoms with E-state index in [0.717, 1.165) is 25.7 Å². The Hall–Kier alpha value is -0.290. The highest BCUT2D eigenvalue weighted by Crippen LogP contribution is 2.24. The van der Waals surface area contributed by atoms with Crippen LogP contribution in [0.4, 0.5) is 13.2 Å². The van der Waals surface area contributed by atoms with Gasteiger partial charge in [-0.2, -0.15) is 13.2 Å².